The molecule has 35 heavy (non-hydrogen) atoms. The number of benzene rings is 3. The van der Waals surface area contributed by atoms with Gasteiger partial charge in [-0.2, -0.15) is 0 Å². The smallest absolute Gasteiger partial charge is 0.403 e. The summed E-state index contributed by atoms with van der Waals surface area (Å²) in [5.41, 5.74) is 4.73. The molecule has 0 atom stereocenters. The maximum Gasteiger partial charge on any atom is 0.573 e. The third kappa shape index (κ3) is 7.20. The third-order valence-electron chi connectivity index (χ3n) is 7.17. The Bertz CT molecular complexity index is 1090. The largest absolute Gasteiger partial charge is 0.573 e. The van der Waals surface area contributed by atoms with Crippen molar-refractivity contribution in [2.45, 2.75) is 63.5 Å². The summed E-state index contributed by atoms with van der Waals surface area (Å²) in [5, 5.41) is 0. The Hall–Kier alpha value is -2.60. The fourth-order valence-electron chi connectivity index (χ4n) is 5.19. The van der Waals surface area contributed by atoms with Crippen LogP contribution >= 0.6 is 0 Å². The summed E-state index contributed by atoms with van der Waals surface area (Å²) in [6.45, 7) is 2.32. The van der Waals surface area contributed by atoms with Gasteiger partial charge in [0.2, 0.25) is 0 Å². The molecular formula is C29H32F4OSi. The molecular weight excluding hydrogens is 468 g/mol. The first-order valence-electron chi connectivity index (χ1n) is 12.6. The van der Waals surface area contributed by atoms with Crippen molar-refractivity contribution in [2.75, 3.05) is 0 Å². The second-order valence-electron chi connectivity index (χ2n) is 9.68. The summed E-state index contributed by atoms with van der Waals surface area (Å²) in [4.78, 5) is 0. The van der Waals surface area contributed by atoms with Crippen molar-refractivity contribution in [3.63, 3.8) is 0 Å². The zero-order valence-corrected chi connectivity index (χ0v) is 21.2. The van der Waals surface area contributed by atoms with E-state index in [1.807, 2.05) is 24.3 Å². The molecule has 0 saturated carbocycles. The van der Waals surface area contributed by atoms with Crippen molar-refractivity contribution in [2.24, 2.45) is 5.92 Å². The van der Waals surface area contributed by atoms with Gasteiger partial charge in [-0.25, -0.2) is 4.39 Å². The van der Waals surface area contributed by atoms with E-state index in [-0.39, 0.29) is 0 Å². The molecule has 0 unspecified atom stereocenters. The molecule has 1 fully saturated rings. The number of hydrogen-bond acceptors (Lipinski definition) is 1. The van der Waals surface area contributed by atoms with E-state index in [0.29, 0.717) is 5.56 Å². The molecule has 4 rings (SSSR count). The van der Waals surface area contributed by atoms with Crippen molar-refractivity contribution in [3.05, 3.63) is 78.1 Å². The molecule has 1 aliphatic rings. The molecule has 1 nitrogen and oxygen atoms in total. The number of alkyl halides is 3. The minimum atomic E-state index is -4.92. The van der Waals surface area contributed by atoms with Crippen LogP contribution in [0.2, 0.25) is 18.1 Å². The first-order chi connectivity index (χ1) is 16.8. The molecule has 186 valence electrons. The SMILES string of the molecule is CCC[Si@H]1CC[C@H](CCc2ccc(-c3ccc(-c4ccc(OC(F)(F)F)c(F)c4)cc3)cc2)CC1. The monoisotopic (exact) mass is 500 g/mol. The quantitative estimate of drug-likeness (QED) is 0.221. The predicted octanol–water partition coefficient (Wildman–Crippen LogP) is 9.04. The summed E-state index contributed by atoms with van der Waals surface area (Å²) in [6, 6.07) is 24.3. The van der Waals surface area contributed by atoms with Crippen LogP contribution in [-0.2, 0) is 6.42 Å². The number of halogens is 4. The van der Waals surface area contributed by atoms with E-state index in [4.69, 9.17) is 0 Å². The Labute approximate surface area is 206 Å². The van der Waals surface area contributed by atoms with Gasteiger partial charge >= 0.3 is 6.36 Å². The lowest BCUT2D eigenvalue weighted by Crippen LogP contribution is -2.21. The van der Waals surface area contributed by atoms with Gasteiger partial charge in [0.1, 0.15) is 0 Å². The Morgan fingerprint density at radius 1 is 0.829 bits per heavy atom. The molecule has 0 aromatic heterocycles. The van der Waals surface area contributed by atoms with E-state index in [0.717, 1.165) is 41.2 Å². The molecule has 0 spiro atoms. The second kappa shape index (κ2) is 11.4. The highest BCUT2D eigenvalue weighted by Gasteiger charge is 2.32. The zero-order chi connectivity index (χ0) is 24.8. The van der Waals surface area contributed by atoms with Crippen LogP contribution in [0.3, 0.4) is 0 Å². The van der Waals surface area contributed by atoms with Gasteiger partial charge in [0.15, 0.2) is 11.6 Å². The molecule has 3 aromatic rings. The maximum atomic E-state index is 14.1. The fourth-order valence-corrected chi connectivity index (χ4v) is 8.76. The van der Waals surface area contributed by atoms with Crippen LogP contribution in [-0.4, -0.2) is 15.2 Å². The number of aryl methyl sites for hydroxylation is 1. The van der Waals surface area contributed by atoms with Crippen LogP contribution in [0.25, 0.3) is 22.3 Å². The van der Waals surface area contributed by atoms with Crippen LogP contribution in [0.4, 0.5) is 17.6 Å². The molecule has 1 heterocycles. The maximum absolute atomic E-state index is 14.1. The van der Waals surface area contributed by atoms with Gasteiger partial charge in [0, 0.05) is 8.80 Å². The molecule has 1 aliphatic heterocycles. The first-order valence-corrected chi connectivity index (χ1v) is 15.0. The van der Waals surface area contributed by atoms with Crippen molar-refractivity contribution >= 4 is 8.80 Å². The molecule has 0 radical (unpaired) electrons. The average Bonchev–Trinajstić information content (AvgIpc) is 2.85. The van der Waals surface area contributed by atoms with Crippen LogP contribution in [0, 0.1) is 11.7 Å². The number of hydrogen-bond donors (Lipinski definition) is 0. The van der Waals surface area contributed by atoms with Gasteiger partial charge in [0.25, 0.3) is 0 Å². The van der Waals surface area contributed by atoms with E-state index >= 15 is 0 Å². The average molecular weight is 501 g/mol. The van der Waals surface area contributed by atoms with E-state index in [1.165, 1.54) is 55.4 Å². The minimum Gasteiger partial charge on any atom is -0.403 e. The standard InChI is InChI=1S/C29H32F4OSi/c1-2-17-35-18-15-22(16-19-35)4-3-21-5-7-23(8-6-21)24-9-11-25(12-10-24)26-13-14-28(27(30)20-26)34-29(31,32)33/h5-14,20,22,35H,2-4,15-19H2,1H3/t22-,35-. The van der Waals surface area contributed by atoms with Gasteiger partial charge in [-0.1, -0.05) is 98.9 Å². The zero-order valence-electron chi connectivity index (χ0n) is 20.1. The van der Waals surface area contributed by atoms with Crippen molar-refractivity contribution in [3.8, 4) is 28.0 Å². The number of rotatable bonds is 8. The van der Waals surface area contributed by atoms with Crippen LogP contribution in [0.1, 0.15) is 38.2 Å². The highest BCUT2D eigenvalue weighted by molar-refractivity contribution is 6.58. The minimum absolute atomic E-state index is 0.407. The molecule has 0 bridgehead atoms. The van der Waals surface area contributed by atoms with Crippen molar-refractivity contribution in [1.29, 1.82) is 0 Å². The lowest BCUT2D eigenvalue weighted by molar-refractivity contribution is -0.275. The summed E-state index contributed by atoms with van der Waals surface area (Å²) in [6.07, 6.45) is 1.72. The molecule has 0 amide bonds. The normalized spacial score (nSPS) is 18.4. The second-order valence-corrected chi connectivity index (χ2v) is 13.1. The van der Waals surface area contributed by atoms with Gasteiger partial charge in [-0.3, -0.25) is 0 Å². The van der Waals surface area contributed by atoms with E-state index in [9.17, 15) is 17.6 Å². The number of ether oxygens (including phenoxy) is 1. The fraction of sp³-hybridized carbons (Fsp3) is 0.379. The Morgan fingerprint density at radius 2 is 1.37 bits per heavy atom. The van der Waals surface area contributed by atoms with Gasteiger partial charge in [0.05, 0.1) is 0 Å². The van der Waals surface area contributed by atoms with Crippen molar-refractivity contribution in [1.82, 2.24) is 0 Å². The Balaban J connectivity index is 1.34. The van der Waals surface area contributed by atoms with Gasteiger partial charge in [-0.15, -0.1) is 13.2 Å². The summed E-state index contributed by atoms with van der Waals surface area (Å²) >= 11 is 0. The Kier molecular flexibility index (Phi) is 8.32. The summed E-state index contributed by atoms with van der Waals surface area (Å²) in [5.74, 6) is -0.985. The molecule has 6 heteroatoms. The molecule has 0 N–H and O–H groups in total. The first kappa shape index (κ1) is 25.5. The van der Waals surface area contributed by atoms with E-state index < -0.39 is 26.7 Å². The highest BCUT2D eigenvalue weighted by Crippen LogP contribution is 2.32. The van der Waals surface area contributed by atoms with Crippen LogP contribution in [0.5, 0.6) is 5.75 Å². The van der Waals surface area contributed by atoms with Crippen LogP contribution in [0.15, 0.2) is 66.7 Å². The third-order valence-corrected chi connectivity index (χ3v) is 10.9. The summed E-state index contributed by atoms with van der Waals surface area (Å²) in [7, 11) is -0.407. The lowest BCUT2D eigenvalue weighted by atomic mass is 9.93. The van der Waals surface area contributed by atoms with Crippen LogP contribution < -0.4 is 4.74 Å². The topological polar surface area (TPSA) is 9.23 Å². The van der Waals surface area contributed by atoms with E-state index in [2.05, 4.69) is 35.9 Å². The Morgan fingerprint density at radius 3 is 1.91 bits per heavy atom. The molecule has 1 saturated heterocycles. The molecule has 3 aromatic carbocycles. The highest BCUT2D eigenvalue weighted by atomic mass is 28.3. The lowest BCUT2D eigenvalue weighted by Gasteiger charge is -2.27. The van der Waals surface area contributed by atoms with Gasteiger partial charge < -0.3 is 4.74 Å². The predicted molar refractivity (Wildman–Crippen MR) is 137 cm³/mol. The van der Waals surface area contributed by atoms with Crippen molar-refractivity contribution < 1.29 is 22.3 Å². The van der Waals surface area contributed by atoms with Gasteiger partial charge in [-0.05, 0) is 58.7 Å². The summed E-state index contributed by atoms with van der Waals surface area (Å²) < 4.78 is 54.8. The molecule has 0 aliphatic carbocycles. The van der Waals surface area contributed by atoms with E-state index in [1.54, 1.807) is 0 Å².